The van der Waals surface area contributed by atoms with Crippen molar-refractivity contribution in [2.45, 2.75) is 38.3 Å². The van der Waals surface area contributed by atoms with Crippen LogP contribution in [-0.2, 0) is 20.9 Å². The van der Waals surface area contributed by atoms with Gasteiger partial charge in [0.2, 0.25) is 0 Å². The number of esters is 2. The first-order valence-electron chi connectivity index (χ1n) is 16.9. The molecule has 1 aliphatic rings. The van der Waals surface area contributed by atoms with Gasteiger partial charge >= 0.3 is 11.9 Å². The van der Waals surface area contributed by atoms with Crippen molar-refractivity contribution < 1.29 is 28.5 Å². The molecule has 266 valence electrons. The summed E-state index contributed by atoms with van der Waals surface area (Å²) < 4.78 is 24.8. The highest BCUT2D eigenvalue weighted by molar-refractivity contribution is 7.98. The number of hydrogen-bond donors (Lipinski definition) is 0. The number of benzene rings is 4. The van der Waals surface area contributed by atoms with E-state index in [0.717, 1.165) is 27.1 Å². The minimum absolute atomic E-state index is 0.177. The van der Waals surface area contributed by atoms with E-state index in [1.54, 1.807) is 48.4 Å². The van der Waals surface area contributed by atoms with Crippen molar-refractivity contribution >= 4 is 46.8 Å². The van der Waals surface area contributed by atoms with E-state index in [4.69, 9.17) is 23.9 Å². The van der Waals surface area contributed by atoms with E-state index in [-0.39, 0.29) is 24.7 Å². The van der Waals surface area contributed by atoms with E-state index < -0.39 is 12.0 Å². The predicted molar refractivity (Wildman–Crippen MR) is 204 cm³/mol. The van der Waals surface area contributed by atoms with Crippen LogP contribution in [-0.4, -0.2) is 42.6 Å². The minimum atomic E-state index is -0.760. The Bertz CT molecular complexity index is 2280. The molecule has 52 heavy (non-hydrogen) atoms. The molecule has 9 nitrogen and oxygen atoms in total. The summed E-state index contributed by atoms with van der Waals surface area (Å²) in [6.45, 7) is 6.57. The van der Waals surface area contributed by atoms with E-state index in [9.17, 15) is 14.4 Å². The molecule has 0 spiro atoms. The van der Waals surface area contributed by atoms with Crippen molar-refractivity contribution in [3.05, 3.63) is 150 Å². The first kappa shape index (κ1) is 36.4. The van der Waals surface area contributed by atoms with Gasteiger partial charge in [0.1, 0.15) is 6.61 Å². The quantitative estimate of drug-likeness (QED) is 0.0960. The topological polar surface area (TPSA) is 105 Å². The molecule has 1 atom stereocenters. The molecule has 0 radical (unpaired) electrons. The fraction of sp³-hybridized carbons (Fsp3) is 0.220. The maximum absolute atomic E-state index is 14.4. The third-order valence-corrected chi connectivity index (χ3v) is 9.96. The molecule has 1 aromatic heterocycles. The summed E-state index contributed by atoms with van der Waals surface area (Å²) in [5.74, 6) is 0.170. The number of aromatic nitrogens is 1. The van der Waals surface area contributed by atoms with Crippen LogP contribution in [0.25, 0.3) is 11.8 Å². The fourth-order valence-electron chi connectivity index (χ4n) is 5.81. The number of fused-ring (bicyclic) bond motifs is 1. The van der Waals surface area contributed by atoms with E-state index >= 15 is 0 Å². The van der Waals surface area contributed by atoms with Gasteiger partial charge in [0.05, 0.1) is 47.2 Å². The number of thioether (sulfide) groups is 1. The highest BCUT2D eigenvalue weighted by Gasteiger charge is 2.35. The van der Waals surface area contributed by atoms with Gasteiger partial charge in [-0.3, -0.25) is 9.36 Å². The second-order valence-corrected chi connectivity index (χ2v) is 13.4. The number of thiazole rings is 1. The van der Waals surface area contributed by atoms with Gasteiger partial charge in [0.15, 0.2) is 16.3 Å². The van der Waals surface area contributed by atoms with E-state index in [1.807, 2.05) is 98.1 Å². The molecule has 0 unspecified atom stereocenters. The zero-order valence-electron chi connectivity index (χ0n) is 29.3. The van der Waals surface area contributed by atoms with Crippen molar-refractivity contribution in [3.63, 3.8) is 0 Å². The average Bonchev–Trinajstić information content (AvgIpc) is 3.48. The molecule has 1 aliphatic heterocycles. The normalized spacial score (nSPS) is 14.0. The number of nitrogens with zero attached hydrogens (tertiary/aromatic N) is 2. The summed E-state index contributed by atoms with van der Waals surface area (Å²) in [4.78, 5) is 46.6. The molecule has 0 saturated heterocycles. The summed E-state index contributed by atoms with van der Waals surface area (Å²) in [5.41, 5.74) is 4.10. The van der Waals surface area contributed by atoms with Crippen molar-refractivity contribution in [3.8, 4) is 11.5 Å². The average molecular weight is 735 g/mol. The first-order chi connectivity index (χ1) is 25.3. The molecule has 0 amide bonds. The molecule has 0 fully saturated rings. The van der Waals surface area contributed by atoms with Crippen molar-refractivity contribution in [2.24, 2.45) is 4.99 Å². The van der Waals surface area contributed by atoms with Crippen LogP contribution >= 0.6 is 23.1 Å². The number of rotatable bonds is 13. The zero-order valence-corrected chi connectivity index (χ0v) is 30.9. The molecule has 2 heterocycles. The van der Waals surface area contributed by atoms with Gasteiger partial charge in [-0.25, -0.2) is 14.6 Å². The number of carbonyl (C=O) groups excluding carboxylic acids is 2. The Morgan fingerprint density at radius 2 is 1.54 bits per heavy atom. The Kier molecular flexibility index (Phi) is 11.7. The van der Waals surface area contributed by atoms with E-state index in [0.29, 0.717) is 50.9 Å². The zero-order chi connectivity index (χ0) is 36.6. The van der Waals surface area contributed by atoms with Crippen molar-refractivity contribution in [1.82, 2.24) is 4.57 Å². The SMILES string of the molecule is CCOC(=O)C1=C(c2ccccc2)N=c2s/c(=C\c3ccc(OCc4ccc(C(=O)OCC)cc4)c(OCC)c3)c(=O)n2[C@@H]1c1ccc(SC)cc1. The fourth-order valence-corrected chi connectivity index (χ4v) is 7.22. The van der Waals surface area contributed by atoms with Gasteiger partial charge in [0.25, 0.3) is 5.56 Å². The van der Waals surface area contributed by atoms with E-state index in [1.165, 1.54) is 11.3 Å². The standard InChI is InChI=1S/C41H38N2O7S2/c1-5-47-33-23-27(15-22-32(33)50-25-26-13-16-30(17-14-26)39(45)48-6-2)24-34-38(44)43-37(29-18-20-31(51-4)21-19-29)35(40(46)49-7-3)36(42-41(43)52-34)28-11-9-8-10-12-28/h8-24,37H,5-7,25H2,1-4H3/b34-24-/t37-/m1/s1. The van der Waals surface area contributed by atoms with Crippen LogP contribution in [0.1, 0.15) is 59.4 Å². The smallest absolute Gasteiger partial charge is 0.338 e. The Morgan fingerprint density at radius 3 is 2.21 bits per heavy atom. The monoisotopic (exact) mass is 734 g/mol. The van der Waals surface area contributed by atoms with Gasteiger partial charge in [-0.15, -0.1) is 11.8 Å². The van der Waals surface area contributed by atoms with Crippen molar-refractivity contribution in [2.75, 3.05) is 26.1 Å². The summed E-state index contributed by atoms with van der Waals surface area (Å²) in [7, 11) is 0. The van der Waals surface area contributed by atoms with Gasteiger partial charge in [-0.2, -0.15) is 0 Å². The number of hydrogen-bond acceptors (Lipinski definition) is 10. The molecule has 4 aromatic carbocycles. The lowest BCUT2D eigenvalue weighted by molar-refractivity contribution is -0.138. The first-order valence-corrected chi connectivity index (χ1v) is 19.0. The molecular weight excluding hydrogens is 697 g/mol. The number of carbonyl (C=O) groups is 2. The van der Waals surface area contributed by atoms with Crippen LogP contribution in [0.2, 0.25) is 0 Å². The third-order valence-electron chi connectivity index (χ3n) is 8.23. The predicted octanol–water partition coefficient (Wildman–Crippen LogP) is 6.81. The lowest BCUT2D eigenvalue weighted by Crippen LogP contribution is -2.40. The highest BCUT2D eigenvalue weighted by Crippen LogP contribution is 2.36. The van der Waals surface area contributed by atoms with Gasteiger partial charge in [-0.05, 0) is 86.2 Å². The molecule has 6 rings (SSSR count). The second kappa shape index (κ2) is 16.8. The van der Waals surface area contributed by atoms with Gasteiger partial charge in [0, 0.05) is 10.5 Å². The van der Waals surface area contributed by atoms with Crippen LogP contribution in [0.3, 0.4) is 0 Å². The Balaban J connectivity index is 1.40. The maximum atomic E-state index is 14.4. The van der Waals surface area contributed by atoms with Crippen LogP contribution in [0, 0.1) is 0 Å². The van der Waals surface area contributed by atoms with Gasteiger partial charge < -0.3 is 18.9 Å². The lowest BCUT2D eigenvalue weighted by atomic mass is 9.93. The molecular formula is C41H38N2O7S2. The van der Waals surface area contributed by atoms with E-state index in [2.05, 4.69) is 0 Å². The second-order valence-electron chi connectivity index (χ2n) is 11.5. The molecule has 0 aliphatic carbocycles. The number of ether oxygens (including phenoxy) is 4. The Hall–Kier alpha value is -5.39. The Labute approximate surface area is 309 Å². The highest BCUT2D eigenvalue weighted by atomic mass is 32.2. The Morgan fingerprint density at radius 1 is 0.827 bits per heavy atom. The summed E-state index contributed by atoms with van der Waals surface area (Å²) >= 11 is 2.87. The molecule has 11 heteroatoms. The molecule has 0 N–H and O–H groups in total. The molecule has 0 saturated carbocycles. The van der Waals surface area contributed by atoms with Crippen LogP contribution < -0.4 is 24.4 Å². The van der Waals surface area contributed by atoms with Crippen LogP contribution in [0.5, 0.6) is 11.5 Å². The molecule has 5 aromatic rings. The summed E-state index contributed by atoms with van der Waals surface area (Å²) in [6, 6.07) is 29.2. The van der Waals surface area contributed by atoms with Crippen LogP contribution in [0.15, 0.2) is 117 Å². The lowest BCUT2D eigenvalue weighted by Gasteiger charge is -2.26. The molecule has 0 bridgehead atoms. The van der Waals surface area contributed by atoms with Gasteiger partial charge in [-0.1, -0.05) is 72.0 Å². The maximum Gasteiger partial charge on any atom is 0.338 e. The summed E-state index contributed by atoms with van der Waals surface area (Å²) in [5, 5.41) is 0. The third kappa shape index (κ3) is 7.90. The largest absolute Gasteiger partial charge is 0.490 e. The van der Waals surface area contributed by atoms with Crippen molar-refractivity contribution in [1.29, 1.82) is 0 Å². The van der Waals surface area contributed by atoms with Crippen LogP contribution in [0.4, 0.5) is 0 Å². The summed E-state index contributed by atoms with van der Waals surface area (Å²) in [6.07, 6.45) is 3.80. The minimum Gasteiger partial charge on any atom is -0.490 e.